The fourth-order valence-electron chi connectivity index (χ4n) is 3.36. The highest BCUT2D eigenvalue weighted by Gasteiger charge is 2.47. The molecule has 0 spiro atoms. The molecule has 0 saturated carbocycles. The number of piperazine rings is 1. The van der Waals surface area contributed by atoms with E-state index < -0.39 is 30.9 Å². The number of thioether (sulfide) groups is 1. The van der Waals surface area contributed by atoms with E-state index in [1.165, 1.54) is 0 Å². The monoisotopic (exact) mass is 425 g/mol. The number of rotatable bonds is 4. The summed E-state index contributed by atoms with van der Waals surface area (Å²) in [6.07, 6.45) is 1.11. The van der Waals surface area contributed by atoms with E-state index in [4.69, 9.17) is 0 Å². The molecule has 0 bridgehead atoms. The van der Waals surface area contributed by atoms with E-state index in [0.717, 1.165) is 30.1 Å². The van der Waals surface area contributed by atoms with Crippen LogP contribution in [0, 0.1) is 10.1 Å². The van der Waals surface area contributed by atoms with E-state index in [1.807, 2.05) is 11.8 Å². The fourth-order valence-corrected chi connectivity index (χ4v) is 5.39. The molecule has 1 aromatic carbocycles. The molecule has 0 aliphatic carbocycles. The number of sulfone groups is 1. The zero-order valence-corrected chi connectivity index (χ0v) is 15.8. The molecular weight excluding hydrogens is 407 g/mol. The minimum absolute atomic E-state index is 0.140. The van der Waals surface area contributed by atoms with Crippen LogP contribution in [-0.4, -0.2) is 67.5 Å². The summed E-state index contributed by atoms with van der Waals surface area (Å²) >= 11 is 1.89. The second-order valence-corrected chi connectivity index (χ2v) is 9.49. The van der Waals surface area contributed by atoms with Gasteiger partial charge in [0.15, 0.2) is 0 Å². The predicted molar refractivity (Wildman–Crippen MR) is 95.9 cm³/mol. The summed E-state index contributed by atoms with van der Waals surface area (Å²) in [7, 11) is -5.63. The molecule has 2 saturated heterocycles. The van der Waals surface area contributed by atoms with Crippen molar-refractivity contribution in [2.75, 3.05) is 42.6 Å². The van der Waals surface area contributed by atoms with Crippen molar-refractivity contribution in [2.24, 2.45) is 0 Å². The van der Waals surface area contributed by atoms with Gasteiger partial charge in [-0.25, -0.2) is 8.42 Å². The Balaban J connectivity index is 1.83. The first-order chi connectivity index (χ1) is 12.6. The zero-order valence-electron chi connectivity index (χ0n) is 14.2. The average Bonchev–Trinajstić information content (AvgIpc) is 3.15. The molecule has 150 valence electrons. The Kier molecular flexibility index (Phi) is 5.59. The number of halogens is 3. The van der Waals surface area contributed by atoms with Crippen molar-refractivity contribution in [1.82, 2.24) is 4.90 Å². The van der Waals surface area contributed by atoms with E-state index in [0.29, 0.717) is 38.3 Å². The Morgan fingerprint density at radius 1 is 1.19 bits per heavy atom. The Bertz CT molecular complexity index is 818. The van der Waals surface area contributed by atoms with Gasteiger partial charge in [-0.15, -0.1) is 0 Å². The number of nitrogens with zero attached hydrogens (tertiary/aromatic N) is 3. The Morgan fingerprint density at radius 3 is 2.37 bits per heavy atom. The third kappa shape index (κ3) is 4.02. The quantitative estimate of drug-likeness (QED) is 0.541. The number of anilines is 1. The minimum atomic E-state index is -5.63. The molecule has 1 aromatic rings. The number of nitro benzene ring substituents is 1. The van der Waals surface area contributed by atoms with Gasteiger partial charge in [0, 0.05) is 44.0 Å². The van der Waals surface area contributed by atoms with E-state index in [1.54, 1.807) is 4.90 Å². The van der Waals surface area contributed by atoms with Crippen LogP contribution in [0.25, 0.3) is 0 Å². The summed E-state index contributed by atoms with van der Waals surface area (Å²) in [5, 5.41) is 11.4. The standard InChI is InChI=1S/C15H18F3N3O4S2/c16-15(17,18)27(24,25)12-1-2-13(14(9-12)21(22)23)20-6-4-19(5-7-20)11-3-8-26-10-11/h1-2,9,11H,3-8,10H2. The van der Waals surface area contributed by atoms with Crippen molar-refractivity contribution in [2.45, 2.75) is 22.9 Å². The van der Waals surface area contributed by atoms with Crippen molar-refractivity contribution in [3.63, 3.8) is 0 Å². The molecule has 12 heteroatoms. The Hall–Kier alpha value is -1.53. The molecule has 2 fully saturated rings. The van der Waals surface area contributed by atoms with Gasteiger partial charge in [-0.1, -0.05) is 0 Å². The van der Waals surface area contributed by atoms with Gasteiger partial charge in [-0.3, -0.25) is 15.0 Å². The van der Waals surface area contributed by atoms with E-state index in [2.05, 4.69) is 4.90 Å². The lowest BCUT2D eigenvalue weighted by atomic mass is 10.1. The summed E-state index contributed by atoms with van der Waals surface area (Å²) in [6, 6.07) is 2.87. The minimum Gasteiger partial charge on any atom is -0.363 e. The molecule has 0 radical (unpaired) electrons. The second kappa shape index (κ2) is 7.47. The maximum Gasteiger partial charge on any atom is 0.501 e. The molecule has 7 nitrogen and oxygen atoms in total. The van der Waals surface area contributed by atoms with Gasteiger partial charge in [0.2, 0.25) is 0 Å². The molecule has 0 aromatic heterocycles. The van der Waals surface area contributed by atoms with Crippen LogP contribution in [-0.2, 0) is 9.84 Å². The van der Waals surface area contributed by atoms with Gasteiger partial charge in [0.1, 0.15) is 5.69 Å². The first kappa shape index (κ1) is 20.2. The number of hydrogen-bond acceptors (Lipinski definition) is 7. The van der Waals surface area contributed by atoms with Crippen molar-refractivity contribution in [3.8, 4) is 0 Å². The van der Waals surface area contributed by atoms with E-state index >= 15 is 0 Å². The molecule has 27 heavy (non-hydrogen) atoms. The highest BCUT2D eigenvalue weighted by Crippen LogP contribution is 2.36. The normalized spacial score (nSPS) is 22.2. The molecule has 1 unspecified atom stereocenters. The van der Waals surface area contributed by atoms with Crippen molar-refractivity contribution >= 4 is 33.0 Å². The molecule has 2 heterocycles. The topological polar surface area (TPSA) is 83.8 Å². The van der Waals surface area contributed by atoms with Crippen molar-refractivity contribution in [1.29, 1.82) is 0 Å². The van der Waals surface area contributed by atoms with Crippen LogP contribution < -0.4 is 4.90 Å². The molecule has 1 atom stereocenters. The third-order valence-electron chi connectivity index (χ3n) is 4.84. The van der Waals surface area contributed by atoms with Crippen LogP contribution in [0.15, 0.2) is 23.1 Å². The maximum atomic E-state index is 12.7. The van der Waals surface area contributed by atoms with Gasteiger partial charge in [0.05, 0.1) is 9.82 Å². The molecule has 2 aliphatic rings. The summed E-state index contributed by atoms with van der Waals surface area (Å²) in [5.41, 5.74) is -6.00. The number of hydrogen-bond donors (Lipinski definition) is 0. The van der Waals surface area contributed by atoms with Crippen molar-refractivity contribution < 1.29 is 26.5 Å². The van der Waals surface area contributed by atoms with Crippen LogP contribution >= 0.6 is 11.8 Å². The van der Waals surface area contributed by atoms with Crippen LogP contribution in [0.4, 0.5) is 24.5 Å². The summed E-state index contributed by atoms with van der Waals surface area (Å²) < 4.78 is 61.2. The van der Waals surface area contributed by atoms with E-state index in [9.17, 15) is 31.7 Å². The summed E-state index contributed by atoms with van der Waals surface area (Å²) in [4.78, 5) is 13.4. The van der Waals surface area contributed by atoms with Crippen LogP contribution in [0.5, 0.6) is 0 Å². The smallest absolute Gasteiger partial charge is 0.363 e. The Morgan fingerprint density at radius 2 is 1.85 bits per heavy atom. The molecule has 3 rings (SSSR count). The predicted octanol–water partition coefficient (Wildman–Crippen LogP) is 2.52. The first-order valence-electron chi connectivity index (χ1n) is 8.28. The molecule has 0 N–H and O–H groups in total. The first-order valence-corrected chi connectivity index (χ1v) is 10.9. The van der Waals surface area contributed by atoms with Crippen LogP contribution in [0.3, 0.4) is 0 Å². The molecule has 2 aliphatic heterocycles. The van der Waals surface area contributed by atoms with Crippen molar-refractivity contribution in [3.05, 3.63) is 28.3 Å². The summed E-state index contributed by atoms with van der Waals surface area (Å²) in [6.45, 7) is 2.39. The SMILES string of the molecule is O=[N+]([O-])c1cc(S(=O)(=O)C(F)(F)F)ccc1N1CCN(C2CCSC2)CC1. The summed E-state index contributed by atoms with van der Waals surface area (Å²) in [5.74, 6) is 2.18. The fraction of sp³-hybridized carbons (Fsp3) is 0.600. The van der Waals surface area contributed by atoms with Gasteiger partial charge in [0.25, 0.3) is 15.5 Å². The Labute approximate surface area is 158 Å². The molecular formula is C15H18F3N3O4S2. The van der Waals surface area contributed by atoms with Crippen LogP contribution in [0.2, 0.25) is 0 Å². The van der Waals surface area contributed by atoms with Gasteiger partial charge < -0.3 is 4.90 Å². The van der Waals surface area contributed by atoms with Gasteiger partial charge >= 0.3 is 5.51 Å². The van der Waals surface area contributed by atoms with Gasteiger partial charge in [-0.2, -0.15) is 24.9 Å². The average molecular weight is 425 g/mol. The van der Waals surface area contributed by atoms with Crippen LogP contribution in [0.1, 0.15) is 6.42 Å². The van der Waals surface area contributed by atoms with Gasteiger partial charge in [-0.05, 0) is 24.3 Å². The lowest BCUT2D eigenvalue weighted by Crippen LogP contribution is -2.50. The third-order valence-corrected chi connectivity index (χ3v) is 7.46. The second-order valence-electron chi connectivity index (χ2n) is 6.40. The highest BCUT2D eigenvalue weighted by molar-refractivity contribution is 7.99. The number of alkyl halides is 3. The highest BCUT2D eigenvalue weighted by atomic mass is 32.2. The lowest BCUT2D eigenvalue weighted by molar-refractivity contribution is -0.384. The zero-order chi connectivity index (χ0) is 19.8. The number of benzene rings is 1. The molecule has 0 amide bonds. The number of nitro groups is 1. The van der Waals surface area contributed by atoms with E-state index in [-0.39, 0.29) is 5.69 Å². The largest absolute Gasteiger partial charge is 0.501 e. The lowest BCUT2D eigenvalue weighted by Gasteiger charge is -2.38. The maximum absolute atomic E-state index is 12.7.